The minimum absolute atomic E-state index is 0.00291. The average molecular weight is 1130 g/mol. The molecule has 2 spiro atoms. The van der Waals surface area contributed by atoms with Gasteiger partial charge in [-0.2, -0.15) is 19.3 Å². The van der Waals surface area contributed by atoms with Crippen LogP contribution < -0.4 is 25.7 Å². The number of para-hydroxylation sites is 2. The van der Waals surface area contributed by atoms with Crippen LogP contribution in [-0.4, -0.2) is 129 Å². The fourth-order valence-electron chi connectivity index (χ4n) is 13.0. The first kappa shape index (κ1) is 55.7. The molecule has 83 heavy (non-hydrogen) atoms. The van der Waals surface area contributed by atoms with Gasteiger partial charge in [0.25, 0.3) is 11.8 Å². The summed E-state index contributed by atoms with van der Waals surface area (Å²) in [5.74, 6) is -4.07. The van der Waals surface area contributed by atoms with Crippen LogP contribution in [0.4, 0.5) is 20.2 Å². The zero-order valence-corrected chi connectivity index (χ0v) is 46.2. The van der Waals surface area contributed by atoms with Gasteiger partial charge in [-0.1, -0.05) is 63.2 Å². The number of nitrogens with zero attached hydrogens (tertiary/aromatic N) is 7. The second kappa shape index (κ2) is 21.6. The Morgan fingerprint density at radius 3 is 1.84 bits per heavy atom. The number of pyridine rings is 2. The van der Waals surface area contributed by atoms with E-state index < -0.39 is 77.1 Å². The van der Waals surface area contributed by atoms with Gasteiger partial charge in [-0.25, -0.2) is 0 Å². The minimum Gasteiger partial charge on any atom is -0.489 e. The van der Waals surface area contributed by atoms with E-state index in [1.807, 2.05) is 32.9 Å². The molecule has 0 radical (unpaired) electrons. The van der Waals surface area contributed by atoms with Gasteiger partial charge in [0, 0.05) is 81.2 Å². The van der Waals surface area contributed by atoms with Crippen molar-refractivity contribution in [2.75, 3.05) is 37.8 Å². The number of aromatic amines is 1. The lowest BCUT2D eigenvalue weighted by Crippen LogP contribution is -2.52. The molecular weight excluding hydrogens is 1070 g/mol. The van der Waals surface area contributed by atoms with Crippen LogP contribution in [0.2, 0.25) is 0 Å². The molecule has 21 heteroatoms. The first-order chi connectivity index (χ1) is 39.7. The van der Waals surface area contributed by atoms with Crippen molar-refractivity contribution in [1.82, 2.24) is 29.6 Å². The summed E-state index contributed by atoms with van der Waals surface area (Å²) in [6, 6.07) is 26.3. The molecule has 1 saturated carbocycles. The topological polar surface area (TPSA) is 251 Å². The molecule has 6 heterocycles. The van der Waals surface area contributed by atoms with E-state index in [-0.39, 0.29) is 90.8 Å². The summed E-state index contributed by atoms with van der Waals surface area (Å²) in [6.07, 6.45) is 2.24. The maximum absolute atomic E-state index is 15.3. The lowest BCUT2D eigenvalue weighted by atomic mass is 9.80. The number of anilines is 2. The highest BCUT2D eigenvalue weighted by molar-refractivity contribution is 6.09. The lowest BCUT2D eigenvalue weighted by Gasteiger charge is -2.34. The Kier molecular flexibility index (Phi) is 14.5. The molecule has 1 aliphatic carbocycles. The van der Waals surface area contributed by atoms with Gasteiger partial charge >= 0.3 is 6.61 Å². The number of aromatic nitrogens is 2. The van der Waals surface area contributed by atoms with Crippen LogP contribution in [0.15, 0.2) is 108 Å². The van der Waals surface area contributed by atoms with Crippen molar-refractivity contribution in [3.05, 3.63) is 136 Å². The molecule has 6 amide bonds. The number of hydrogen-bond donors (Lipinski definition) is 3. The number of halogens is 2. The molecule has 6 aromatic rings. The standard InChI is InChI=1S/C62H60F2N10O9/c1-33(2)19-48(56(78)73-31-61(27-38(73)29-65)42-12-6-8-14-44(42)69-58(61)80)71(4)54(76)40-23-36-16-17-53(75)68-47(36)26-51(40)82-50-24-37(50)20-34(3)21-49(72(5)55(77)41-22-35-11-10-18-67-46(35)25-52(41)83-60(63)64)57(79)74-32-62(28-39(74)30-66)43-13-7-9-15-45(43)70-59(62)81/h6-18,22-23,25-26,33-34,37-39,48-50,60H,19-21,24,27-28,31-32H2,1-5H3,(H,68,75)(H,69,80)(H,70,81)/t34?,37?,38-,39-,48-,49-,50?,61-,62-/m0/s1. The number of fused-ring (bicyclic) bond motifs is 6. The van der Waals surface area contributed by atoms with Crippen molar-refractivity contribution in [1.29, 1.82) is 10.5 Å². The molecule has 11 rings (SSSR count). The highest BCUT2D eigenvalue weighted by Crippen LogP contribution is 2.49. The third-order valence-corrected chi connectivity index (χ3v) is 17.3. The SMILES string of the molecule is CC(C)C[C@@H](C(=O)N1C[C@]2(C[C@H]1C#N)C(=O)Nc1ccccc12)N(C)C(=O)c1cc2ccc(=O)[nH]c2cc1OC1CC1CC(C)C[C@@H](C(=O)N1C[C@]2(C[C@H]1C#N)C(=O)Nc1ccccc12)N(C)C(=O)c1cc2cccnc2cc1OC(F)F. The third kappa shape index (κ3) is 10.0. The summed E-state index contributed by atoms with van der Waals surface area (Å²) < 4.78 is 39.5. The van der Waals surface area contributed by atoms with E-state index in [0.29, 0.717) is 57.1 Å². The number of amides is 6. The van der Waals surface area contributed by atoms with E-state index in [9.17, 15) is 43.3 Å². The molecule has 9 atom stereocenters. The predicted molar refractivity (Wildman–Crippen MR) is 300 cm³/mol. The van der Waals surface area contributed by atoms with Gasteiger partial charge in [0.15, 0.2) is 0 Å². The summed E-state index contributed by atoms with van der Waals surface area (Å²) in [5, 5.41) is 27.8. The molecule has 2 saturated heterocycles. The average Bonchev–Trinajstić information content (AvgIpc) is 1.99. The van der Waals surface area contributed by atoms with Crippen molar-refractivity contribution in [2.24, 2.45) is 17.8 Å². The zero-order chi connectivity index (χ0) is 58.8. The molecule has 5 aliphatic rings. The Balaban J connectivity index is 0.857. The van der Waals surface area contributed by atoms with E-state index in [4.69, 9.17) is 9.47 Å². The quantitative estimate of drug-likeness (QED) is 0.0851. The van der Waals surface area contributed by atoms with Gasteiger partial charge < -0.3 is 44.7 Å². The van der Waals surface area contributed by atoms with Crippen LogP contribution in [0.25, 0.3) is 21.8 Å². The highest BCUT2D eigenvalue weighted by atomic mass is 19.3. The van der Waals surface area contributed by atoms with Crippen LogP contribution in [0.5, 0.6) is 11.5 Å². The molecule has 0 bridgehead atoms. The fourth-order valence-corrected chi connectivity index (χ4v) is 13.0. The summed E-state index contributed by atoms with van der Waals surface area (Å²) in [4.78, 5) is 112. The number of nitriles is 2. The number of benzene rings is 4. The van der Waals surface area contributed by atoms with Gasteiger partial charge in [-0.3, -0.25) is 38.5 Å². The Hall–Kier alpha value is -9.24. The number of alkyl halides is 2. The molecule has 426 valence electrons. The van der Waals surface area contributed by atoms with Crippen LogP contribution in [0, 0.1) is 40.4 Å². The van der Waals surface area contributed by atoms with Gasteiger partial charge in [0.05, 0.1) is 45.1 Å². The second-order valence-electron chi connectivity index (χ2n) is 23.2. The number of carbonyl (C=O) groups is 6. The number of nitrogens with one attached hydrogen (secondary N) is 3. The van der Waals surface area contributed by atoms with Crippen LogP contribution in [0.1, 0.15) is 91.1 Å². The van der Waals surface area contributed by atoms with E-state index in [1.54, 1.807) is 66.7 Å². The first-order valence-corrected chi connectivity index (χ1v) is 27.7. The largest absolute Gasteiger partial charge is 0.489 e. The number of H-pyrrole nitrogens is 1. The number of carbonyl (C=O) groups excluding carboxylic acids is 6. The summed E-state index contributed by atoms with van der Waals surface area (Å²) in [7, 11) is 2.91. The summed E-state index contributed by atoms with van der Waals surface area (Å²) >= 11 is 0. The minimum atomic E-state index is -3.30. The smallest absolute Gasteiger partial charge is 0.387 e. The van der Waals surface area contributed by atoms with Gasteiger partial charge in [-0.15, -0.1) is 0 Å². The van der Waals surface area contributed by atoms with Crippen molar-refractivity contribution in [2.45, 2.75) is 107 Å². The molecule has 4 aromatic carbocycles. The Morgan fingerprint density at radius 1 is 0.723 bits per heavy atom. The van der Waals surface area contributed by atoms with Gasteiger partial charge in [0.2, 0.25) is 29.2 Å². The van der Waals surface area contributed by atoms with Crippen molar-refractivity contribution in [3.63, 3.8) is 0 Å². The molecule has 4 aliphatic heterocycles. The fraction of sp³-hybridized carbons (Fsp3) is 0.387. The number of rotatable bonds is 16. The van der Waals surface area contributed by atoms with E-state index in [0.717, 1.165) is 0 Å². The van der Waals surface area contributed by atoms with E-state index in [1.165, 1.54) is 58.1 Å². The first-order valence-electron chi connectivity index (χ1n) is 27.7. The van der Waals surface area contributed by atoms with Crippen molar-refractivity contribution < 1.29 is 47.0 Å². The number of ether oxygens (including phenoxy) is 2. The number of likely N-dealkylation sites (N-methyl/N-ethyl adjacent to an activating group) is 2. The number of hydrogen-bond acceptors (Lipinski definition) is 12. The molecule has 3 N–H and O–H groups in total. The Morgan fingerprint density at radius 2 is 1.28 bits per heavy atom. The Labute approximate surface area is 476 Å². The molecule has 19 nitrogen and oxygen atoms in total. The summed E-state index contributed by atoms with van der Waals surface area (Å²) in [6.45, 7) is 2.20. The van der Waals surface area contributed by atoms with Crippen LogP contribution >= 0.6 is 0 Å². The lowest BCUT2D eigenvalue weighted by molar-refractivity contribution is -0.137. The third-order valence-electron chi connectivity index (χ3n) is 17.3. The Bertz CT molecular complexity index is 3820. The molecule has 3 fully saturated rings. The zero-order valence-electron chi connectivity index (χ0n) is 46.2. The van der Waals surface area contributed by atoms with Crippen LogP contribution in [0.3, 0.4) is 0 Å². The predicted octanol–water partition coefficient (Wildman–Crippen LogP) is 7.52. The molecule has 3 unspecified atom stereocenters. The maximum atomic E-state index is 15.3. The summed E-state index contributed by atoms with van der Waals surface area (Å²) in [5.41, 5.74) is 0.281. The van der Waals surface area contributed by atoms with Crippen molar-refractivity contribution in [3.8, 4) is 23.6 Å². The molecular formula is C62H60F2N10O9. The highest BCUT2D eigenvalue weighted by Gasteiger charge is 2.58. The van der Waals surface area contributed by atoms with E-state index in [2.05, 4.69) is 32.7 Å². The van der Waals surface area contributed by atoms with Crippen molar-refractivity contribution >= 4 is 68.6 Å². The van der Waals surface area contributed by atoms with Crippen LogP contribution in [-0.2, 0) is 30.0 Å². The van der Waals surface area contributed by atoms with E-state index >= 15 is 9.59 Å². The maximum Gasteiger partial charge on any atom is 0.387 e. The van der Waals surface area contributed by atoms with Gasteiger partial charge in [-0.05, 0) is 96.3 Å². The molecule has 2 aromatic heterocycles. The van der Waals surface area contributed by atoms with Gasteiger partial charge in [0.1, 0.15) is 41.8 Å². The monoisotopic (exact) mass is 1130 g/mol. The number of likely N-dealkylation sites (tertiary alicyclic amines) is 2. The normalized spacial score (nSPS) is 23.1. The second-order valence-corrected chi connectivity index (χ2v) is 23.2.